The lowest BCUT2D eigenvalue weighted by Crippen LogP contribution is -1.96. The fourth-order valence-corrected chi connectivity index (χ4v) is 2.51. The van der Waals surface area contributed by atoms with Crippen LogP contribution in [0.1, 0.15) is 35.1 Å². The molecule has 0 radical (unpaired) electrons. The average Bonchev–Trinajstić information content (AvgIpc) is 2.61. The van der Waals surface area contributed by atoms with E-state index >= 15 is 0 Å². The van der Waals surface area contributed by atoms with Crippen LogP contribution in [0.4, 0.5) is 0 Å². The molecule has 0 atom stereocenters. The third-order valence-electron chi connectivity index (χ3n) is 3.23. The summed E-state index contributed by atoms with van der Waals surface area (Å²) in [6.07, 6.45) is 11.0. The minimum absolute atomic E-state index is 1.23. The van der Waals surface area contributed by atoms with Crippen molar-refractivity contribution in [2.45, 2.75) is 32.1 Å². The number of hydrogen-bond acceptors (Lipinski definition) is 0. The van der Waals surface area contributed by atoms with E-state index in [1.54, 1.807) is 16.7 Å². The first-order chi connectivity index (χ1) is 6.43. The van der Waals surface area contributed by atoms with E-state index in [0.29, 0.717) is 0 Å². The average molecular weight is 170 g/mol. The highest BCUT2D eigenvalue weighted by molar-refractivity contribution is 5.59. The topological polar surface area (TPSA) is 0 Å². The van der Waals surface area contributed by atoms with Gasteiger partial charge in [0, 0.05) is 0 Å². The SMILES string of the molecule is C1=Cc2cc3c(cc2CC1)CCC3. The number of allylic oxidation sites excluding steroid dienone is 1. The first kappa shape index (κ1) is 7.37. The molecule has 1 aromatic rings. The fraction of sp³-hybridized carbons (Fsp3) is 0.385. The molecule has 0 spiro atoms. The molecule has 1 aromatic carbocycles. The van der Waals surface area contributed by atoms with Crippen LogP contribution in [0.2, 0.25) is 0 Å². The van der Waals surface area contributed by atoms with Crippen molar-refractivity contribution in [3.8, 4) is 0 Å². The fourth-order valence-electron chi connectivity index (χ4n) is 2.51. The summed E-state index contributed by atoms with van der Waals surface area (Å²) in [5.74, 6) is 0. The lowest BCUT2D eigenvalue weighted by atomic mass is 9.93. The van der Waals surface area contributed by atoms with E-state index in [1.165, 1.54) is 37.7 Å². The Balaban J connectivity index is 2.18. The molecular weight excluding hydrogens is 156 g/mol. The van der Waals surface area contributed by atoms with Gasteiger partial charge in [-0.15, -0.1) is 0 Å². The van der Waals surface area contributed by atoms with Gasteiger partial charge in [0.25, 0.3) is 0 Å². The van der Waals surface area contributed by atoms with Crippen molar-refractivity contribution in [3.05, 3.63) is 40.5 Å². The third-order valence-corrected chi connectivity index (χ3v) is 3.23. The molecule has 66 valence electrons. The molecule has 0 aliphatic heterocycles. The number of hydrogen-bond donors (Lipinski definition) is 0. The maximum absolute atomic E-state index is 2.45. The first-order valence-electron chi connectivity index (χ1n) is 5.25. The zero-order chi connectivity index (χ0) is 8.67. The van der Waals surface area contributed by atoms with E-state index in [2.05, 4.69) is 24.3 Å². The predicted octanol–water partition coefficient (Wildman–Crippen LogP) is 3.13. The molecule has 0 N–H and O–H groups in total. The molecule has 2 aliphatic carbocycles. The molecule has 0 saturated carbocycles. The summed E-state index contributed by atoms with van der Waals surface area (Å²) in [6.45, 7) is 0. The van der Waals surface area contributed by atoms with Gasteiger partial charge in [-0.2, -0.15) is 0 Å². The Labute approximate surface area is 79.3 Å². The summed E-state index contributed by atoms with van der Waals surface area (Å²) in [5, 5.41) is 0. The van der Waals surface area contributed by atoms with Crippen LogP contribution >= 0.6 is 0 Å². The second-order valence-corrected chi connectivity index (χ2v) is 4.11. The smallest absolute Gasteiger partial charge is 0.0225 e. The maximum atomic E-state index is 2.45. The van der Waals surface area contributed by atoms with Crippen LogP contribution in [0.25, 0.3) is 6.08 Å². The Morgan fingerprint density at radius 3 is 2.62 bits per heavy atom. The largest absolute Gasteiger partial charge is 0.0836 e. The Hall–Kier alpha value is -1.04. The number of benzene rings is 1. The van der Waals surface area contributed by atoms with Gasteiger partial charge in [0.05, 0.1) is 0 Å². The van der Waals surface area contributed by atoms with E-state index in [9.17, 15) is 0 Å². The van der Waals surface area contributed by atoms with Gasteiger partial charge in [0.15, 0.2) is 0 Å². The van der Waals surface area contributed by atoms with E-state index in [0.717, 1.165) is 0 Å². The molecule has 0 saturated heterocycles. The van der Waals surface area contributed by atoms with Gasteiger partial charge in [0.2, 0.25) is 0 Å². The zero-order valence-electron chi connectivity index (χ0n) is 7.84. The number of aryl methyl sites for hydroxylation is 3. The summed E-state index contributed by atoms with van der Waals surface area (Å²) >= 11 is 0. The third kappa shape index (κ3) is 1.13. The Bertz CT molecular complexity index is 372. The van der Waals surface area contributed by atoms with Crippen molar-refractivity contribution in [2.75, 3.05) is 0 Å². The molecule has 0 nitrogen and oxygen atoms in total. The highest BCUT2D eigenvalue weighted by Gasteiger charge is 2.14. The quantitative estimate of drug-likeness (QED) is 0.561. The van der Waals surface area contributed by atoms with Gasteiger partial charge in [0.1, 0.15) is 0 Å². The molecule has 0 bridgehead atoms. The Kier molecular flexibility index (Phi) is 1.55. The molecular formula is C13H14. The maximum Gasteiger partial charge on any atom is -0.0225 e. The van der Waals surface area contributed by atoms with E-state index < -0.39 is 0 Å². The zero-order valence-corrected chi connectivity index (χ0v) is 7.84. The van der Waals surface area contributed by atoms with Crippen LogP contribution in [0.3, 0.4) is 0 Å². The van der Waals surface area contributed by atoms with Crippen molar-refractivity contribution >= 4 is 6.08 Å². The molecule has 0 heterocycles. The standard InChI is InChI=1S/C13H14/c1-2-5-11-9-13-7-3-6-12(13)8-10(11)4-1/h1,4,8-9H,2-3,5-7H2. The van der Waals surface area contributed by atoms with Gasteiger partial charge in [-0.3, -0.25) is 0 Å². The molecule has 13 heavy (non-hydrogen) atoms. The van der Waals surface area contributed by atoms with Crippen LogP contribution in [0, 0.1) is 0 Å². The van der Waals surface area contributed by atoms with Crippen molar-refractivity contribution in [3.63, 3.8) is 0 Å². The van der Waals surface area contributed by atoms with Gasteiger partial charge in [-0.25, -0.2) is 0 Å². The molecule has 3 rings (SSSR count). The minimum atomic E-state index is 1.23. The van der Waals surface area contributed by atoms with Crippen molar-refractivity contribution in [1.82, 2.24) is 0 Å². The Morgan fingerprint density at radius 2 is 1.69 bits per heavy atom. The molecule has 0 heteroatoms. The van der Waals surface area contributed by atoms with Crippen molar-refractivity contribution in [1.29, 1.82) is 0 Å². The van der Waals surface area contributed by atoms with Crippen LogP contribution in [0.5, 0.6) is 0 Å². The molecule has 0 unspecified atom stereocenters. The summed E-state index contributed by atoms with van der Waals surface area (Å²) in [4.78, 5) is 0. The van der Waals surface area contributed by atoms with E-state index in [4.69, 9.17) is 0 Å². The predicted molar refractivity (Wildman–Crippen MR) is 55.8 cm³/mol. The summed E-state index contributed by atoms with van der Waals surface area (Å²) in [5.41, 5.74) is 6.27. The van der Waals surface area contributed by atoms with Crippen LogP contribution < -0.4 is 0 Å². The number of rotatable bonds is 0. The number of fused-ring (bicyclic) bond motifs is 2. The van der Waals surface area contributed by atoms with Crippen LogP contribution in [-0.2, 0) is 19.3 Å². The highest BCUT2D eigenvalue weighted by Crippen LogP contribution is 2.28. The molecule has 0 aromatic heterocycles. The van der Waals surface area contributed by atoms with Gasteiger partial charge >= 0.3 is 0 Å². The first-order valence-corrected chi connectivity index (χ1v) is 5.25. The normalized spacial score (nSPS) is 18.5. The monoisotopic (exact) mass is 170 g/mol. The van der Waals surface area contributed by atoms with Gasteiger partial charge in [-0.1, -0.05) is 24.3 Å². The van der Waals surface area contributed by atoms with Crippen LogP contribution in [0.15, 0.2) is 18.2 Å². The van der Waals surface area contributed by atoms with Crippen molar-refractivity contribution in [2.24, 2.45) is 0 Å². The Morgan fingerprint density at radius 1 is 0.846 bits per heavy atom. The van der Waals surface area contributed by atoms with Gasteiger partial charge in [-0.05, 0) is 54.4 Å². The lowest BCUT2D eigenvalue weighted by molar-refractivity contribution is 0.911. The highest BCUT2D eigenvalue weighted by atomic mass is 14.2. The lowest BCUT2D eigenvalue weighted by Gasteiger charge is -2.12. The minimum Gasteiger partial charge on any atom is -0.0836 e. The molecule has 0 amide bonds. The van der Waals surface area contributed by atoms with Crippen LogP contribution in [-0.4, -0.2) is 0 Å². The van der Waals surface area contributed by atoms with E-state index in [1.807, 2.05) is 0 Å². The van der Waals surface area contributed by atoms with E-state index in [-0.39, 0.29) is 0 Å². The summed E-state index contributed by atoms with van der Waals surface area (Å²) in [6, 6.07) is 4.86. The molecule has 2 aliphatic rings. The second-order valence-electron chi connectivity index (χ2n) is 4.11. The van der Waals surface area contributed by atoms with Gasteiger partial charge < -0.3 is 0 Å². The summed E-state index contributed by atoms with van der Waals surface area (Å²) in [7, 11) is 0. The van der Waals surface area contributed by atoms with Crippen molar-refractivity contribution < 1.29 is 0 Å². The summed E-state index contributed by atoms with van der Waals surface area (Å²) < 4.78 is 0. The molecule has 0 fully saturated rings. The second kappa shape index (κ2) is 2.73.